The van der Waals surface area contributed by atoms with Gasteiger partial charge in [0.15, 0.2) is 0 Å². The summed E-state index contributed by atoms with van der Waals surface area (Å²) in [6.45, 7) is 2.20. The molecule has 1 N–H and O–H groups in total. The lowest BCUT2D eigenvalue weighted by molar-refractivity contribution is -0.192. The molecule has 1 atom stereocenters. The molecule has 0 spiro atoms. The molecule has 2 aromatic rings. The first-order valence-electron chi connectivity index (χ1n) is 8.90. The number of alkyl halides is 6. The summed E-state index contributed by atoms with van der Waals surface area (Å²) in [4.78, 5) is 29.1. The number of hydrogen-bond acceptors (Lipinski definition) is 5. The number of aliphatic carboxylic acids is 1. The average Bonchev–Trinajstić information content (AvgIpc) is 2.91. The van der Waals surface area contributed by atoms with Gasteiger partial charge in [-0.2, -0.15) is 26.3 Å². The molecule has 2 amide bonds. The maximum Gasteiger partial charge on any atom is 0.490 e. The molecule has 3 rings (SSSR count). The molecular weight excluding hydrogens is 496 g/mol. The number of hydrogen-bond donors (Lipinski definition) is 1. The molecule has 2 heterocycles. The number of rotatable bonds is 4. The first kappa shape index (κ1) is 26.4. The highest BCUT2D eigenvalue weighted by Crippen LogP contribution is 2.38. The monoisotopic (exact) mass is 511 g/mol. The third kappa shape index (κ3) is 7.32. The molecule has 1 fully saturated rings. The molecule has 6 nitrogen and oxygen atoms in total. The van der Waals surface area contributed by atoms with E-state index in [0.29, 0.717) is 17.2 Å². The van der Waals surface area contributed by atoms with Crippen molar-refractivity contribution in [3.63, 3.8) is 0 Å². The molecule has 0 radical (unpaired) electrons. The third-order valence-corrected chi connectivity index (χ3v) is 5.42. The van der Waals surface area contributed by atoms with E-state index >= 15 is 0 Å². The van der Waals surface area contributed by atoms with Gasteiger partial charge in [-0.3, -0.25) is 9.88 Å². The number of pyridine rings is 1. The smallest absolute Gasteiger partial charge is 0.475 e. The summed E-state index contributed by atoms with van der Waals surface area (Å²) in [7, 11) is 0. The molecule has 1 saturated heterocycles. The molecular formula is C19H15F6N3O3S2. The van der Waals surface area contributed by atoms with Gasteiger partial charge in [0.05, 0.1) is 11.7 Å². The maximum atomic E-state index is 12.8. The molecule has 33 heavy (non-hydrogen) atoms. The molecule has 14 heteroatoms. The Morgan fingerprint density at radius 2 is 1.61 bits per heavy atom. The molecule has 1 aromatic carbocycles. The Morgan fingerprint density at radius 1 is 1.09 bits per heavy atom. The summed E-state index contributed by atoms with van der Waals surface area (Å²) in [6, 6.07) is 8.65. The Labute approximate surface area is 193 Å². The molecule has 1 aliphatic heterocycles. The van der Waals surface area contributed by atoms with E-state index in [0.717, 1.165) is 5.56 Å². The lowest BCUT2D eigenvalue weighted by Crippen LogP contribution is -2.33. The van der Waals surface area contributed by atoms with Gasteiger partial charge in [-0.15, -0.1) is 0 Å². The van der Waals surface area contributed by atoms with Crippen LogP contribution in [-0.2, 0) is 11.3 Å². The summed E-state index contributed by atoms with van der Waals surface area (Å²) in [5.41, 5.74) is -2.98. The van der Waals surface area contributed by atoms with Crippen molar-refractivity contribution in [1.82, 2.24) is 9.88 Å². The Kier molecular flexibility index (Phi) is 8.30. The van der Waals surface area contributed by atoms with Gasteiger partial charge in [0.25, 0.3) is 0 Å². The fourth-order valence-corrected chi connectivity index (χ4v) is 3.48. The lowest BCUT2D eigenvalue weighted by atomic mass is 10.2. The zero-order valence-electron chi connectivity index (χ0n) is 16.6. The number of carboxylic acid groups (broad SMARTS) is 1. The van der Waals surface area contributed by atoms with Crippen molar-refractivity contribution in [2.75, 3.05) is 4.90 Å². The first-order valence-corrected chi connectivity index (χ1v) is 10.1. The minimum Gasteiger partial charge on any atom is -0.475 e. The van der Waals surface area contributed by atoms with Gasteiger partial charge in [-0.25, -0.2) is 9.59 Å². The van der Waals surface area contributed by atoms with Crippen molar-refractivity contribution in [1.29, 1.82) is 0 Å². The fourth-order valence-electron chi connectivity index (χ4n) is 2.63. The second-order valence-corrected chi connectivity index (χ2v) is 8.02. The van der Waals surface area contributed by atoms with E-state index in [2.05, 4.69) is 4.98 Å². The molecule has 178 valence electrons. The number of aromatic nitrogens is 1. The standard InChI is InChI=1S/C17H14F3N3OS2.C2HF3O2/c1-11-15(25)23(13-2-4-14(5-3-13)26-17(18,19)20)16(24)22(11)10-12-6-8-21-9-7-12;3-2(4,5)1(6)7/h2-9,11H,10H2,1H3;(H,6,7)/t11-;/m0./s1. The predicted octanol–water partition coefficient (Wildman–Crippen LogP) is 5.48. The van der Waals surface area contributed by atoms with Crippen molar-refractivity contribution < 1.29 is 41.0 Å². The van der Waals surface area contributed by atoms with Crippen LogP contribution in [0.2, 0.25) is 0 Å². The Morgan fingerprint density at radius 3 is 2.06 bits per heavy atom. The normalized spacial score (nSPS) is 16.5. The first-order chi connectivity index (χ1) is 15.2. The molecule has 1 aromatic heterocycles. The van der Waals surface area contributed by atoms with Gasteiger partial charge in [0.2, 0.25) is 0 Å². The van der Waals surface area contributed by atoms with Crippen molar-refractivity contribution in [3.05, 3.63) is 54.4 Å². The molecule has 0 unspecified atom stereocenters. The van der Waals surface area contributed by atoms with Gasteiger partial charge in [0, 0.05) is 23.8 Å². The van der Waals surface area contributed by atoms with E-state index in [1.54, 1.807) is 17.3 Å². The van der Waals surface area contributed by atoms with E-state index < -0.39 is 17.7 Å². The van der Waals surface area contributed by atoms with Crippen molar-refractivity contribution in [2.45, 2.75) is 36.1 Å². The largest absolute Gasteiger partial charge is 0.490 e. The molecule has 0 bridgehead atoms. The van der Waals surface area contributed by atoms with Gasteiger partial charge < -0.3 is 10.0 Å². The van der Waals surface area contributed by atoms with Crippen molar-refractivity contribution in [2.24, 2.45) is 0 Å². The number of thioether (sulfide) groups is 1. The summed E-state index contributed by atoms with van der Waals surface area (Å²) in [5.74, 6) is -2.76. The molecule has 1 aliphatic rings. The molecule has 0 aliphatic carbocycles. The van der Waals surface area contributed by atoms with E-state index in [9.17, 15) is 31.1 Å². The van der Waals surface area contributed by atoms with Crippen LogP contribution in [0.3, 0.4) is 0 Å². The van der Waals surface area contributed by atoms with Gasteiger partial charge in [-0.1, -0.05) is 12.2 Å². The highest BCUT2D eigenvalue weighted by Gasteiger charge is 2.40. The number of carboxylic acids is 1. The average molecular weight is 511 g/mol. The number of thiocarbonyl (C=S) groups is 1. The number of urea groups is 1. The number of anilines is 1. The SMILES string of the molecule is C[C@H]1C(=S)N(c2ccc(SC(F)(F)F)cc2)C(=O)N1Cc1ccncc1.O=C(O)C(F)(F)F. The summed E-state index contributed by atoms with van der Waals surface area (Å²) < 4.78 is 69.1. The second-order valence-electron chi connectivity index (χ2n) is 6.46. The summed E-state index contributed by atoms with van der Waals surface area (Å²) >= 11 is 5.21. The third-order valence-electron chi connectivity index (χ3n) is 4.16. The highest BCUT2D eigenvalue weighted by molar-refractivity contribution is 8.00. The number of carbonyl (C=O) groups excluding carboxylic acids is 1. The Bertz CT molecular complexity index is 1000. The van der Waals surface area contributed by atoms with Crippen LogP contribution >= 0.6 is 24.0 Å². The zero-order valence-corrected chi connectivity index (χ0v) is 18.2. The van der Waals surface area contributed by atoms with E-state index in [-0.39, 0.29) is 28.7 Å². The van der Waals surface area contributed by atoms with Crippen molar-refractivity contribution >= 4 is 46.7 Å². The minimum absolute atomic E-state index is 0.0560. The van der Waals surface area contributed by atoms with Crippen LogP contribution in [0.1, 0.15) is 12.5 Å². The number of carbonyl (C=O) groups is 2. The lowest BCUT2D eigenvalue weighted by Gasteiger charge is -2.20. The van der Waals surface area contributed by atoms with E-state index in [1.807, 2.05) is 19.1 Å². The topological polar surface area (TPSA) is 73.7 Å². The summed E-state index contributed by atoms with van der Waals surface area (Å²) in [6.07, 6.45) is -1.79. The Hall–Kier alpha value is -2.87. The maximum absolute atomic E-state index is 12.8. The quantitative estimate of drug-likeness (QED) is 0.333. The Balaban J connectivity index is 0.000000479. The highest BCUT2D eigenvalue weighted by atomic mass is 32.2. The minimum atomic E-state index is -5.08. The van der Waals surface area contributed by atoms with E-state index in [1.165, 1.54) is 29.2 Å². The van der Waals surface area contributed by atoms with Crippen LogP contribution in [0.5, 0.6) is 0 Å². The molecule has 0 saturated carbocycles. The van der Waals surface area contributed by atoms with Crippen LogP contribution in [0.15, 0.2) is 53.7 Å². The van der Waals surface area contributed by atoms with E-state index in [4.69, 9.17) is 22.1 Å². The number of nitrogens with zero attached hydrogens (tertiary/aromatic N) is 3. The van der Waals surface area contributed by atoms with Crippen molar-refractivity contribution in [3.8, 4) is 0 Å². The predicted molar refractivity (Wildman–Crippen MR) is 112 cm³/mol. The fraction of sp³-hybridized carbons (Fsp3) is 0.263. The van der Waals surface area contributed by atoms with Gasteiger partial charge >= 0.3 is 23.7 Å². The van der Waals surface area contributed by atoms with Crippen LogP contribution in [0.4, 0.5) is 36.8 Å². The number of benzene rings is 1. The summed E-state index contributed by atoms with van der Waals surface area (Å²) in [5, 5.41) is 7.12. The van der Waals surface area contributed by atoms with Crippen LogP contribution in [0, 0.1) is 0 Å². The van der Waals surface area contributed by atoms with Gasteiger partial charge in [0.1, 0.15) is 4.99 Å². The van der Waals surface area contributed by atoms with Crippen LogP contribution < -0.4 is 4.90 Å². The van der Waals surface area contributed by atoms with Gasteiger partial charge in [-0.05, 0) is 60.6 Å². The number of halogens is 6. The van der Waals surface area contributed by atoms with Crippen LogP contribution in [-0.4, -0.2) is 49.7 Å². The number of amides is 2. The second kappa shape index (κ2) is 10.4. The van der Waals surface area contributed by atoms with Crippen LogP contribution in [0.25, 0.3) is 0 Å². The zero-order chi connectivity index (χ0) is 25.0.